The van der Waals surface area contributed by atoms with Crippen LogP contribution < -0.4 is 5.32 Å². The highest BCUT2D eigenvalue weighted by Gasteiger charge is 2.19. The zero-order valence-electron chi connectivity index (χ0n) is 12.4. The van der Waals surface area contributed by atoms with Crippen molar-refractivity contribution in [2.24, 2.45) is 0 Å². The average molecular weight is 313 g/mol. The lowest BCUT2D eigenvalue weighted by Gasteiger charge is -2.19. The molecule has 1 amide bonds. The molecule has 21 heavy (non-hydrogen) atoms. The third-order valence-electron chi connectivity index (χ3n) is 2.88. The Morgan fingerprint density at radius 1 is 1.29 bits per heavy atom. The molecule has 2 N–H and O–H groups in total. The molecule has 0 aliphatic rings. The van der Waals surface area contributed by atoms with Gasteiger partial charge in [0.15, 0.2) is 6.04 Å². The summed E-state index contributed by atoms with van der Waals surface area (Å²) in [5, 5.41) is 10.8. The lowest BCUT2D eigenvalue weighted by atomic mass is 9.87. The summed E-state index contributed by atoms with van der Waals surface area (Å²) < 4.78 is 12.4. The van der Waals surface area contributed by atoms with Gasteiger partial charge in [-0.15, -0.1) is 11.8 Å². The summed E-state index contributed by atoms with van der Waals surface area (Å²) in [6.07, 6.45) is 0. The Morgan fingerprint density at radius 2 is 1.86 bits per heavy atom. The second-order valence-electron chi connectivity index (χ2n) is 5.68. The minimum absolute atomic E-state index is 0.0542. The van der Waals surface area contributed by atoms with E-state index in [9.17, 15) is 14.0 Å². The first-order valence-electron chi connectivity index (χ1n) is 6.55. The van der Waals surface area contributed by atoms with Crippen LogP contribution in [0.4, 0.5) is 4.39 Å². The van der Waals surface area contributed by atoms with Crippen molar-refractivity contribution >= 4 is 23.6 Å². The van der Waals surface area contributed by atoms with Gasteiger partial charge in [0, 0.05) is 4.90 Å². The molecule has 0 spiro atoms. The monoisotopic (exact) mass is 313 g/mol. The van der Waals surface area contributed by atoms with Gasteiger partial charge in [0.1, 0.15) is 6.67 Å². The van der Waals surface area contributed by atoms with Gasteiger partial charge >= 0.3 is 5.97 Å². The Labute approximate surface area is 128 Å². The van der Waals surface area contributed by atoms with Crippen LogP contribution in [0.1, 0.15) is 26.3 Å². The van der Waals surface area contributed by atoms with Crippen LogP contribution in [0.5, 0.6) is 0 Å². The molecule has 0 saturated carbocycles. The fraction of sp³-hybridized carbons (Fsp3) is 0.467. The first-order chi connectivity index (χ1) is 9.74. The number of aliphatic carboxylic acids is 1. The highest BCUT2D eigenvalue weighted by Crippen LogP contribution is 2.25. The molecule has 0 aromatic heterocycles. The van der Waals surface area contributed by atoms with Gasteiger partial charge in [-0.3, -0.25) is 4.79 Å². The van der Waals surface area contributed by atoms with Gasteiger partial charge in [-0.2, -0.15) is 0 Å². The number of carboxylic acids is 1. The number of rotatable bonds is 6. The summed E-state index contributed by atoms with van der Waals surface area (Å²) in [4.78, 5) is 23.1. The summed E-state index contributed by atoms with van der Waals surface area (Å²) >= 11 is 1.28. The highest BCUT2D eigenvalue weighted by atomic mass is 32.2. The third-order valence-corrected chi connectivity index (χ3v) is 3.89. The third kappa shape index (κ3) is 5.75. The van der Waals surface area contributed by atoms with E-state index in [-0.39, 0.29) is 11.2 Å². The number of carbonyl (C=O) groups is 2. The molecular weight excluding hydrogens is 293 g/mol. The second kappa shape index (κ2) is 7.45. The Morgan fingerprint density at radius 3 is 2.29 bits per heavy atom. The Kier molecular flexibility index (Phi) is 6.20. The topological polar surface area (TPSA) is 66.4 Å². The maximum atomic E-state index is 12.4. The molecule has 116 valence electrons. The first kappa shape index (κ1) is 17.5. The van der Waals surface area contributed by atoms with E-state index in [4.69, 9.17) is 5.11 Å². The smallest absolute Gasteiger partial charge is 0.328 e. The number of carboxylic acid groups (broad SMARTS) is 1. The van der Waals surface area contributed by atoms with Gasteiger partial charge in [-0.05, 0) is 23.1 Å². The molecule has 0 bridgehead atoms. The lowest BCUT2D eigenvalue weighted by Crippen LogP contribution is -2.43. The molecule has 0 fully saturated rings. The van der Waals surface area contributed by atoms with E-state index in [1.807, 2.05) is 24.3 Å². The predicted molar refractivity (Wildman–Crippen MR) is 81.4 cm³/mol. The number of hydrogen-bond donors (Lipinski definition) is 2. The number of hydrogen-bond acceptors (Lipinski definition) is 3. The fourth-order valence-corrected chi connectivity index (χ4v) is 2.31. The van der Waals surface area contributed by atoms with Crippen LogP contribution in [-0.2, 0) is 15.0 Å². The lowest BCUT2D eigenvalue weighted by molar-refractivity contribution is -0.141. The van der Waals surface area contributed by atoms with Gasteiger partial charge in [0.2, 0.25) is 5.91 Å². The van der Waals surface area contributed by atoms with Gasteiger partial charge in [-0.1, -0.05) is 32.9 Å². The molecule has 1 atom stereocenters. The predicted octanol–water partition coefficient (Wildman–Crippen LogP) is 2.62. The van der Waals surface area contributed by atoms with Crippen LogP contribution in [0.3, 0.4) is 0 Å². The van der Waals surface area contributed by atoms with E-state index >= 15 is 0 Å². The molecule has 6 heteroatoms. The maximum Gasteiger partial charge on any atom is 0.328 e. The summed E-state index contributed by atoms with van der Waals surface area (Å²) in [5.41, 5.74) is 1.26. The minimum atomic E-state index is -1.47. The van der Waals surface area contributed by atoms with Crippen LogP contribution in [-0.4, -0.2) is 35.5 Å². The van der Waals surface area contributed by atoms with Crippen molar-refractivity contribution in [2.45, 2.75) is 37.1 Å². The Bertz CT molecular complexity index is 497. The van der Waals surface area contributed by atoms with E-state index in [1.165, 1.54) is 17.3 Å². The summed E-state index contributed by atoms with van der Waals surface area (Å²) in [5.74, 6) is -1.81. The number of amides is 1. The molecule has 0 aliphatic heterocycles. The van der Waals surface area contributed by atoms with E-state index in [1.54, 1.807) is 0 Å². The van der Waals surface area contributed by atoms with E-state index in [0.29, 0.717) is 0 Å². The van der Waals surface area contributed by atoms with E-state index < -0.39 is 24.6 Å². The minimum Gasteiger partial charge on any atom is -0.480 e. The van der Waals surface area contributed by atoms with Crippen molar-refractivity contribution in [1.29, 1.82) is 0 Å². The Balaban J connectivity index is 2.52. The normalized spacial score (nSPS) is 12.8. The zero-order valence-corrected chi connectivity index (χ0v) is 13.2. The highest BCUT2D eigenvalue weighted by molar-refractivity contribution is 8.00. The van der Waals surface area contributed by atoms with Crippen molar-refractivity contribution in [3.05, 3.63) is 29.8 Å². The van der Waals surface area contributed by atoms with Gasteiger partial charge in [0.05, 0.1) is 5.75 Å². The van der Waals surface area contributed by atoms with Crippen LogP contribution in [0.2, 0.25) is 0 Å². The quantitative estimate of drug-likeness (QED) is 0.792. The van der Waals surface area contributed by atoms with E-state index in [2.05, 4.69) is 26.1 Å². The van der Waals surface area contributed by atoms with Crippen LogP contribution >= 0.6 is 11.8 Å². The molecule has 1 rings (SSSR count). The number of thioether (sulfide) groups is 1. The average Bonchev–Trinajstić information content (AvgIpc) is 2.41. The Hall–Kier alpha value is -1.56. The standard InChI is InChI=1S/C15H20FNO3S/c1-15(2,3)10-4-6-11(7-5-10)21-9-13(18)17-12(8-16)14(19)20/h4-7,12H,8-9H2,1-3H3,(H,17,18)(H,19,20). The van der Waals surface area contributed by atoms with E-state index in [0.717, 1.165) is 4.90 Å². The second-order valence-corrected chi connectivity index (χ2v) is 6.72. The van der Waals surface area contributed by atoms with Crippen molar-refractivity contribution in [2.75, 3.05) is 12.4 Å². The fourth-order valence-electron chi connectivity index (χ4n) is 1.60. The van der Waals surface area contributed by atoms with Crippen molar-refractivity contribution < 1.29 is 19.1 Å². The maximum absolute atomic E-state index is 12.4. The molecule has 4 nitrogen and oxygen atoms in total. The first-order valence-corrected chi connectivity index (χ1v) is 7.54. The van der Waals surface area contributed by atoms with Crippen molar-refractivity contribution in [1.82, 2.24) is 5.32 Å². The summed E-state index contributed by atoms with van der Waals surface area (Å²) in [6, 6.07) is 6.37. The van der Waals surface area contributed by atoms with Gasteiger partial charge in [-0.25, -0.2) is 9.18 Å². The molecule has 0 radical (unpaired) electrons. The molecule has 1 aromatic rings. The van der Waals surface area contributed by atoms with Crippen LogP contribution in [0, 0.1) is 0 Å². The molecular formula is C15H20FNO3S. The number of benzene rings is 1. The molecule has 0 saturated heterocycles. The van der Waals surface area contributed by atoms with Crippen molar-refractivity contribution in [3.63, 3.8) is 0 Å². The number of carbonyl (C=O) groups excluding carboxylic acids is 1. The summed E-state index contributed by atoms with van der Waals surface area (Å²) in [6.45, 7) is 5.23. The zero-order chi connectivity index (χ0) is 16.0. The van der Waals surface area contributed by atoms with Gasteiger partial charge < -0.3 is 10.4 Å². The van der Waals surface area contributed by atoms with Gasteiger partial charge in [0.25, 0.3) is 0 Å². The SMILES string of the molecule is CC(C)(C)c1ccc(SCC(=O)NC(CF)C(=O)O)cc1. The largest absolute Gasteiger partial charge is 0.480 e. The molecule has 0 aliphatic carbocycles. The molecule has 1 aromatic carbocycles. The summed E-state index contributed by atoms with van der Waals surface area (Å²) in [7, 11) is 0. The number of halogens is 1. The molecule has 0 heterocycles. The van der Waals surface area contributed by atoms with Crippen molar-refractivity contribution in [3.8, 4) is 0 Å². The molecule has 1 unspecified atom stereocenters. The number of alkyl halides is 1. The van der Waals surface area contributed by atoms with Crippen LogP contribution in [0.25, 0.3) is 0 Å². The van der Waals surface area contributed by atoms with Crippen LogP contribution in [0.15, 0.2) is 29.2 Å². The number of nitrogens with one attached hydrogen (secondary N) is 1.